The second-order valence-electron chi connectivity index (χ2n) is 6.66. The maximum Gasteiger partial charge on any atom is 0.398 e. The highest BCUT2D eigenvalue weighted by Crippen LogP contribution is 2.46. The topological polar surface area (TPSA) is 80.7 Å². The lowest BCUT2D eigenvalue weighted by molar-refractivity contribution is 0.228. The Bertz CT molecular complexity index is 587. The highest BCUT2D eigenvalue weighted by Gasteiger charge is 2.33. The molecule has 0 N–H and O–H groups in total. The molecule has 9 heteroatoms. The van der Waals surface area contributed by atoms with Gasteiger partial charge in [-0.05, 0) is 52.4 Å². The number of hydrogen-bond acceptors (Lipinski definition) is 8. The molecule has 0 spiro atoms. The van der Waals surface area contributed by atoms with E-state index in [4.69, 9.17) is 14.0 Å². The Morgan fingerprint density at radius 1 is 0.769 bits per heavy atom. The summed E-state index contributed by atoms with van der Waals surface area (Å²) in [5, 5.41) is 0. The van der Waals surface area contributed by atoms with E-state index in [0.29, 0.717) is 11.9 Å². The van der Waals surface area contributed by atoms with Gasteiger partial charge in [0.1, 0.15) is 0 Å². The zero-order chi connectivity index (χ0) is 18.4. The Balaban J connectivity index is 1.99. The van der Waals surface area contributed by atoms with E-state index in [0.717, 1.165) is 51.9 Å². The zero-order valence-electron chi connectivity index (χ0n) is 15.9. The van der Waals surface area contributed by atoms with Gasteiger partial charge in [0.2, 0.25) is 17.5 Å². The van der Waals surface area contributed by atoms with Crippen molar-refractivity contribution >= 4 is 25.1 Å². The quantitative estimate of drug-likeness (QED) is 0.665. The van der Waals surface area contributed by atoms with Gasteiger partial charge in [-0.3, -0.25) is 4.57 Å². The van der Waals surface area contributed by atoms with E-state index in [-0.39, 0.29) is 18.8 Å². The number of hydrogen-bond donors (Lipinski definition) is 0. The molecule has 1 aromatic heterocycles. The van der Waals surface area contributed by atoms with Gasteiger partial charge in [-0.15, -0.1) is 0 Å². The average Bonchev–Trinajstić information content (AvgIpc) is 2.69. The molecule has 0 amide bonds. The van der Waals surface area contributed by atoms with Crippen LogP contribution in [-0.2, 0) is 13.6 Å². The number of rotatable bonds is 7. The van der Waals surface area contributed by atoms with Crippen molar-refractivity contribution in [3.63, 3.8) is 0 Å². The fourth-order valence-corrected chi connectivity index (χ4v) is 4.84. The summed E-state index contributed by atoms with van der Waals surface area (Å²) in [6, 6.07) is 0. The highest BCUT2D eigenvalue weighted by atomic mass is 31.2. The Hall–Kier alpha value is -1.24. The molecule has 2 saturated heterocycles. The highest BCUT2D eigenvalue weighted by molar-refractivity contribution is 7.61. The van der Waals surface area contributed by atoms with Crippen LogP contribution in [0, 0.1) is 0 Å². The molecular weight excluding hydrogens is 353 g/mol. The Kier molecular flexibility index (Phi) is 6.84. The summed E-state index contributed by atoms with van der Waals surface area (Å²) in [6.07, 6.45) is 6.93. The van der Waals surface area contributed by atoms with Crippen LogP contribution >= 0.6 is 7.60 Å². The van der Waals surface area contributed by atoms with Crippen LogP contribution in [0.4, 0.5) is 11.9 Å². The van der Waals surface area contributed by atoms with E-state index in [2.05, 4.69) is 19.8 Å². The minimum Gasteiger partial charge on any atom is -0.341 e. The Labute approximate surface area is 155 Å². The van der Waals surface area contributed by atoms with Crippen LogP contribution < -0.4 is 15.4 Å². The fraction of sp³-hybridized carbons (Fsp3) is 0.824. The number of anilines is 2. The molecule has 146 valence electrons. The molecule has 0 aliphatic carbocycles. The molecule has 0 aromatic carbocycles. The third kappa shape index (κ3) is 4.53. The van der Waals surface area contributed by atoms with Crippen LogP contribution in [0.3, 0.4) is 0 Å². The first-order chi connectivity index (χ1) is 12.7. The number of piperidine rings is 2. The van der Waals surface area contributed by atoms with Gasteiger partial charge in [0, 0.05) is 26.2 Å². The van der Waals surface area contributed by atoms with Gasteiger partial charge in [0.15, 0.2) is 0 Å². The molecule has 2 aliphatic heterocycles. The van der Waals surface area contributed by atoms with Gasteiger partial charge in [-0.2, -0.15) is 15.0 Å². The predicted molar refractivity (Wildman–Crippen MR) is 102 cm³/mol. The van der Waals surface area contributed by atoms with Gasteiger partial charge in [-0.1, -0.05) is 0 Å². The average molecular weight is 383 g/mol. The standard InChI is InChI=1S/C17H30N5O3P/c1-3-24-26(23,25-4-2)17-19-15(21-11-7-5-8-12-21)18-16(20-17)22-13-9-6-10-14-22/h3-14H2,1-2H3. The van der Waals surface area contributed by atoms with Gasteiger partial charge in [-0.25, -0.2) is 0 Å². The lowest BCUT2D eigenvalue weighted by atomic mass is 10.1. The van der Waals surface area contributed by atoms with Crippen molar-refractivity contribution in [1.29, 1.82) is 0 Å². The molecule has 26 heavy (non-hydrogen) atoms. The van der Waals surface area contributed by atoms with Crippen molar-refractivity contribution in [2.75, 3.05) is 49.2 Å². The molecule has 2 aliphatic rings. The largest absolute Gasteiger partial charge is 0.398 e. The van der Waals surface area contributed by atoms with Crippen molar-refractivity contribution in [3.8, 4) is 0 Å². The normalized spacial score (nSPS) is 19.0. The van der Waals surface area contributed by atoms with Gasteiger partial charge in [0.05, 0.1) is 13.2 Å². The summed E-state index contributed by atoms with van der Waals surface area (Å²) in [5.41, 5.74) is 0.136. The molecular formula is C17H30N5O3P. The van der Waals surface area contributed by atoms with E-state index in [1.54, 1.807) is 13.8 Å². The Morgan fingerprint density at radius 3 is 1.58 bits per heavy atom. The van der Waals surface area contributed by atoms with Crippen LogP contribution in [0.15, 0.2) is 0 Å². The molecule has 3 rings (SSSR count). The van der Waals surface area contributed by atoms with Crippen molar-refractivity contribution in [2.45, 2.75) is 52.4 Å². The summed E-state index contributed by atoms with van der Waals surface area (Å²) in [4.78, 5) is 18.1. The van der Waals surface area contributed by atoms with Crippen LogP contribution in [-0.4, -0.2) is 54.3 Å². The van der Waals surface area contributed by atoms with E-state index >= 15 is 0 Å². The van der Waals surface area contributed by atoms with Gasteiger partial charge in [0.25, 0.3) is 0 Å². The van der Waals surface area contributed by atoms with Gasteiger partial charge < -0.3 is 18.8 Å². The molecule has 2 fully saturated rings. The molecule has 0 unspecified atom stereocenters. The first-order valence-electron chi connectivity index (χ1n) is 9.82. The lowest BCUT2D eigenvalue weighted by Gasteiger charge is -2.30. The Morgan fingerprint density at radius 2 is 1.19 bits per heavy atom. The molecule has 1 aromatic rings. The molecule has 8 nitrogen and oxygen atoms in total. The van der Waals surface area contributed by atoms with E-state index < -0.39 is 7.60 Å². The second-order valence-corrected chi connectivity index (χ2v) is 8.58. The second kappa shape index (κ2) is 9.11. The van der Waals surface area contributed by atoms with E-state index in [9.17, 15) is 4.57 Å². The molecule has 0 radical (unpaired) electrons. The van der Waals surface area contributed by atoms with Crippen LogP contribution in [0.25, 0.3) is 0 Å². The third-order valence-electron chi connectivity index (χ3n) is 4.72. The predicted octanol–water partition coefficient (Wildman–Crippen LogP) is 2.74. The monoisotopic (exact) mass is 383 g/mol. The zero-order valence-corrected chi connectivity index (χ0v) is 16.8. The number of nitrogens with zero attached hydrogens (tertiary/aromatic N) is 5. The number of aromatic nitrogens is 3. The van der Waals surface area contributed by atoms with Crippen molar-refractivity contribution in [2.24, 2.45) is 0 Å². The summed E-state index contributed by atoms with van der Waals surface area (Å²) in [5.74, 6) is 1.19. The maximum atomic E-state index is 13.3. The molecule has 0 saturated carbocycles. The maximum absolute atomic E-state index is 13.3. The van der Waals surface area contributed by atoms with Crippen LogP contribution in [0.2, 0.25) is 0 Å². The lowest BCUT2D eigenvalue weighted by Crippen LogP contribution is -2.37. The fourth-order valence-electron chi connectivity index (χ4n) is 3.43. The minimum atomic E-state index is -3.54. The summed E-state index contributed by atoms with van der Waals surface area (Å²) < 4.78 is 24.2. The first kappa shape index (κ1) is 19.5. The molecule has 0 bridgehead atoms. The first-order valence-corrected chi connectivity index (χ1v) is 11.4. The van der Waals surface area contributed by atoms with Gasteiger partial charge >= 0.3 is 7.60 Å². The summed E-state index contributed by atoms with van der Waals surface area (Å²) in [6.45, 7) is 7.80. The van der Waals surface area contributed by atoms with E-state index in [1.807, 2.05) is 0 Å². The van der Waals surface area contributed by atoms with Crippen molar-refractivity contribution in [3.05, 3.63) is 0 Å². The van der Waals surface area contributed by atoms with Crippen LogP contribution in [0.5, 0.6) is 0 Å². The van der Waals surface area contributed by atoms with E-state index in [1.165, 1.54) is 12.8 Å². The smallest absolute Gasteiger partial charge is 0.341 e. The summed E-state index contributed by atoms with van der Waals surface area (Å²) in [7, 11) is -3.54. The molecule has 3 heterocycles. The summed E-state index contributed by atoms with van der Waals surface area (Å²) >= 11 is 0. The minimum absolute atomic E-state index is 0.136. The van der Waals surface area contributed by atoms with Crippen LogP contribution in [0.1, 0.15) is 52.4 Å². The van der Waals surface area contributed by atoms with Crippen molar-refractivity contribution < 1.29 is 13.6 Å². The SMILES string of the molecule is CCOP(=O)(OCC)c1nc(N2CCCCC2)nc(N2CCCCC2)n1. The van der Waals surface area contributed by atoms with Crippen molar-refractivity contribution in [1.82, 2.24) is 15.0 Å². The third-order valence-corrected chi connectivity index (χ3v) is 6.61. The molecule has 0 atom stereocenters.